The second-order valence-electron chi connectivity index (χ2n) is 9.95. The van der Waals surface area contributed by atoms with Crippen LogP contribution in [-0.2, 0) is 6.42 Å². The van der Waals surface area contributed by atoms with Crippen molar-refractivity contribution in [1.29, 1.82) is 0 Å². The molecule has 31 heavy (non-hydrogen) atoms. The molecule has 0 heterocycles. The van der Waals surface area contributed by atoms with Gasteiger partial charge in [0.1, 0.15) is 0 Å². The smallest absolute Gasteiger partial charge is 0.0314 e. The predicted molar refractivity (Wildman–Crippen MR) is 135 cm³/mol. The van der Waals surface area contributed by atoms with Gasteiger partial charge in [0.05, 0.1) is 0 Å². The largest absolute Gasteiger partial charge is 0.402 e. The number of anilines is 1. The number of nitrogen functional groups attached to an aromatic ring is 1. The molecule has 3 rings (SSSR count). The summed E-state index contributed by atoms with van der Waals surface area (Å²) in [6, 6.07) is 19.2. The van der Waals surface area contributed by atoms with Gasteiger partial charge in [-0.15, -0.1) is 0 Å². The lowest BCUT2D eigenvalue weighted by molar-refractivity contribution is 0.297. The molecule has 2 aromatic rings. The minimum Gasteiger partial charge on any atom is -0.402 e. The second-order valence-corrected chi connectivity index (χ2v) is 9.95. The van der Waals surface area contributed by atoms with Gasteiger partial charge in [-0.2, -0.15) is 0 Å². The molecule has 0 saturated carbocycles. The van der Waals surface area contributed by atoms with Crippen LogP contribution in [0.4, 0.5) is 5.69 Å². The molecule has 166 valence electrons. The molecule has 0 fully saturated rings. The minimum absolute atomic E-state index is 0.390. The molecule has 2 heteroatoms. The number of nitrogens with two attached hydrogens (primary N) is 2. The lowest BCUT2D eigenvalue weighted by Crippen LogP contribution is -2.32. The Morgan fingerprint density at radius 2 is 1.48 bits per heavy atom. The number of benzene rings is 2. The third-order valence-electron chi connectivity index (χ3n) is 7.05. The SMILES string of the molecule is CC(CCC(C)C1C(N)=C(C(C)C)C=C(c2ccccc2)C1C)Cc1ccc(N)cc1. The van der Waals surface area contributed by atoms with Gasteiger partial charge < -0.3 is 11.5 Å². The van der Waals surface area contributed by atoms with E-state index in [0.29, 0.717) is 29.6 Å². The van der Waals surface area contributed by atoms with E-state index in [2.05, 4.69) is 83.2 Å². The summed E-state index contributed by atoms with van der Waals surface area (Å²) in [4.78, 5) is 0. The summed E-state index contributed by atoms with van der Waals surface area (Å²) < 4.78 is 0. The summed E-state index contributed by atoms with van der Waals surface area (Å²) in [5.74, 6) is 2.44. The Morgan fingerprint density at radius 1 is 0.839 bits per heavy atom. The average Bonchev–Trinajstić information content (AvgIpc) is 2.74. The lowest BCUT2D eigenvalue weighted by atomic mass is 9.68. The van der Waals surface area contributed by atoms with Crippen LogP contribution in [0.2, 0.25) is 0 Å². The van der Waals surface area contributed by atoms with E-state index in [0.717, 1.165) is 17.8 Å². The van der Waals surface area contributed by atoms with Crippen LogP contribution in [0.5, 0.6) is 0 Å². The first-order valence-electron chi connectivity index (χ1n) is 11.9. The Balaban J connectivity index is 1.73. The van der Waals surface area contributed by atoms with E-state index in [4.69, 9.17) is 11.5 Å². The Kier molecular flexibility index (Phi) is 7.64. The van der Waals surface area contributed by atoms with Crippen LogP contribution in [0.1, 0.15) is 58.6 Å². The molecule has 4 N–H and O–H groups in total. The summed E-state index contributed by atoms with van der Waals surface area (Å²) in [6.45, 7) is 11.6. The van der Waals surface area contributed by atoms with Crippen molar-refractivity contribution in [3.8, 4) is 0 Å². The lowest BCUT2D eigenvalue weighted by Gasteiger charge is -2.38. The number of hydrogen-bond acceptors (Lipinski definition) is 2. The molecular weight excluding hydrogens is 376 g/mol. The van der Waals surface area contributed by atoms with E-state index in [1.54, 1.807) is 0 Å². The average molecular weight is 417 g/mol. The van der Waals surface area contributed by atoms with Crippen molar-refractivity contribution >= 4 is 11.3 Å². The minimum atomic E-state index is 0.390. The van der Waals surface area contributed by atoms with Crippen LogP contribution in [0.3, 0.4) is 0 Å². The maximum Gasteiger partial charge on any atom is 0.0314 e. The van der Waals surface area contributed by atoms with Gasteiger partial charge in [-0.25, -0.2) is 0 Å². The van der Waals surface area contributed by atoms with Gasteiger partial charge in [0.25, 0.3) is 0 Å². The molecule has 1 aliphatic carbocycles. The number of hydrogen-bond donors (Lipinski definition) is 2. The van der Waals surface area contributed by atoms with Crippen molar-refractivity contribution in [2.24, 2.45) is 35.3 Å². The topological polar surface area (TPSA) is 52.0 Å². The first-order chi connectivity index (χ1) is 14.8. The van der Waals surface area contributed by atoms with Crippen molar-refractivity contribution in [1.82, 2.24) is 0 Å². The third kappa shape index (κ3) is 5.61. The molecule has 1 aliphatic rings. The summed E-state index contributed by atoms with van der Waals surface area (Å²) in [5.41, 5.74) is 20.1. The monoisotopic (exact) mass is 416 g/mol. The van der Waals surface area contributed by atoms with Crippen molar-refractivity contribution in [2.75, 3.05) is 5.73 Å². The first kappa shape index (κ1) is 23.2. The molecule has 2 aromatic carbocycles. The molecular formula is C29H40N2. The van der Waals surface area contributed by atoms with Crippen LogP contribution >= 0.6 is 0 Å². The summed E-state index contributed by atoms with van der Waals surface area (Å²) in [7, 11) is 0. The Hall–Kier alpha value is -2.48. The van der Waals surface area contributed by atoms with Crippen molar-refractivity contribution in [3.63, 3.8) is 0 Å². The van der Waals surface area contributed by atoms with E-state index >= 15 is 0 Å². The standard InChI is InChI=1S/C29H40N2/c1-19(2)26-18-27(24-9-7-6-8-10-24)22(5)28(29(26)31)21(4)12-11-20(3)17-23-13-15-25(30)16-14-23/h6-10,13-16,18-22,28H,11-12,17,30-31H2,1-5H3. The molecule has 0 bridgehead atoms. The Bertz CT molecular complexity index is 906. The molecule has 0 saturated heterocycles. The van der Waals surface area contributed by atoms with Gasteiger partial charge in [-0.05, 0) is 70.9 Å². The van der Waals surface area contributed by atoms with Crippen molar-refractivity contribution in [2.45, 2.75) is 53.9 Å². The van der Waals surface area contributed by atoms with Crippen LogP contribution < -0.4 is 11.5 Å². The van der Waals surface area contributed by atoms with Crippen molar-refractivity contribution < 1.29 is 0 Å². The Labute approximate surface area is 189 Å². The highest BCUT2D eigenvalue weighted by Crippen LogP contribution is 2.44. The van der Waals surface area contributed by atoms with Crippen LogP contribution in [0, 0.1) is 29.6 Å². The van der Waals surface area contributed by atoms with Gasteiger partial charge in [0.2, 0.25) is 0 Å². The molecule has 0 amide bonds. The van der Waals surface area contributed by atoms with E-state index in [1.807, 2.05) is 12.1 Å². The molecule has 0 radical (unpaired) electrons. The molecule has 0 spiro atoms. The zero-order valence-electron chi connectivity index (χ0n) is 19.9. The number of rotatable bonds is 8. The highest BCUT2D eigenvalue weighted by Gasteiger charge is 2.34. The van der Waals surface area contributed by atoms with Gasteiger partial charge >= 0.3 is 0 Å². The fraction of sp³-hybridized carbons (Fsp3) is 0.448. The molecule has 0 aromatic heterocycles. The summed E-state index contributed by atoms with van der Waals surface area (Å²) >= 11 is 0. The van der Waals surface area contributed by atoms with Crippen LogP contribution in [-0.4, -0.2) is 0 Å². The highest BCUT2D eigenvalue weighted by molar-refractivity contribution is 5.72. The fourth-order valence-corrected chi connectivity index (χ4v) is 5.20. The molecule has 2 nitrogen and oxygen atoms in total. The van der Waals surface area contributed by atoms with Gasteiger partial charge in [0, 0.05) is 17.3 Å². The zero-order valence-corrected chi connectivity index (χ0v) is 19.9. The predicted octanol–water partition coefficient (Wildman–Crippen LogP) is 7.08. The van der Waals surface area contributed by atoms with Crippen LogP contribution in [0.25, 0.3) is 5.57 Å². The number of allylic oxidation sites excluding steroid dienone is 4. The summed E-state index contributed by atoms with van der Waals surface area (Å²) in [6.07, 6.45) is 5.88. The normalized spacial score (nSPS) is 21.2. The molecule has 4 atom stereocenters. The maximum absolute atomic E-state index is 6.82. The first-order valence-corrected chi connectivity index (χ1v) is 11.9. The molecule has 0 aliphatic heterocycles. The zero-order chi connectivity index (χ0) is 22.5. The quantitative estimate of drug-likeness (QED) is 0.452. The van der Waals surface area contributed by atoms with Gasteiger partial charge in [-0.1, -0.05) is 89.6 Å². The van der Waals surface area contributed by atoms with Gasteiger partial charge in [-0.3, -0.25) is 0 Å². The summed E-state index contributed by atoms with van der Waals surface area (Å²) in [5, 5.41) is 0. The highest BCUT2D eigenvalue weighted by atomic mass is 14.6. The second kappa shape index (κ2) is 10.2. The molecule has 4 unspecified atom stereocenters. The van der Waals surface area contributed by atoms with Crippen LogP contribution in [0.15, 0.2) is 71.9 Å². The van der Waals surface area contributed by atoms with Crippen molar-refractivity contribution in [3.05, 3.63) is 83.1 Å². The van der Waals surface area contributed by atoms with Gasteiger partial charge in [0.15, 0.2) is 0 Å². The maximum atomic E-state index is 6.82. The van der Waals surface area contributed by atoms with E-state index in [-0.39, 0.29) is 0 Å². The van der Waals surface area contributed by atoms with E-state index in [1.165, 1.54) is 35.1 Å². The Morgan fingerprint density at radius 3 is 2.10 bits per heavy atom. The van der Waals surface area contributed by atoms with E-state index < -0.39 is 0 Å². The fourth-order valence-electron chi connectivity index (χ4n) is 5.20. The third-order valence-corrected chi connectivity index (χ3v) is 7.05. The van der Waals surface area contributed by atoms with E-state index in [9.17, 15) is 0 Å².